The summed E-state index contributed by atoms with van der Waals surface area (Å²) < 4.78 is 28.8. The van der Waals surface area contributed by atoms with Crippen molar-refractivity contribution in [2.75, 3.05) is 23.8 Å². The monoisotopic (exact) mass is 452 g/mol. The van der Waals surface area contributed by atoms with Gasteiger partial charge < -0.3 is 24.1 Å². The molecule has 0 aliphatic carbocycles. The average Bonchev–Trinajstić information content (AvgIpc) is 3.41. The predicted molar refractivity (Wildman–Crippen MR) is 125 cm³/mol. The van der Waals surface area contributed by atoms with E-state index in [0.717, 1.165) is 33.8 Å². The molecule has 1 aliphatic heterocycles. The zero-order chi connectivity index (χ0) is 22.6. The zero-order valence-corrected chi connectivity index (χ0v) is 18.9. The standard InChI is InChI=1S/C24H25N2O5P/c1-3-30-32(28,31-4-2)16-17-7-10-19(11-8-17)25-15-21-20-12-9-18(23-6-5-13-29-23)14-22(20)26-24(21)27/h5-15,25H,3-4,16H2,1-2H3,(H,26,27)/b21-15-. The van der Waals surface area contributed by atoms with Gasteiger partial charge in [-0.15, -0.1) is 0 Å². The summed E-state index contributed by atoms with van der Waals surface area (Å²) in [6.45, 7) is 4.25. The lowest BCUT2D eigenvalue weighted by Gasteiger charge is -2.17. The molecule has 0 bridgehead atoms. The molecule has 1 aromatic heterocycles. The maximum absolute atomic E-state index is 12.7. The molecule has 0 unspecified atom stereocenters. The molecule has 0 radical (unpaired) electrons. The van der Waals surface area contributed by atoms with E-state index in [4.69, 9.17) is 13.5 Å². The van der Waals surface area contributed by atoms with Crippen molar-refractivity contribution in [1.29, 1.82) is 0 Å². The van der Waals surface area contributed by atoms with Gasteiger partial charge >= 0.3 is 7.60 Å². The molecule has 3 aromatic rings. The number of rotatable bonds is 9. The Morgan fingerprint density at radius 2 is 1.81 bits per heavy atom. The van der Waals surface area contributed by atoms with Crippen molar-refractivity contribution < 1.29 is 22.8 Å². The lowest BCUT2D eigenvalue weighted by Crippen LogP contribution is -2.05. The van der Waals surface area contributed by atoms with E-state index >= 15 is 0 Å². The van der Waals surface area contributed by atoms with Crippen LogP contribution in [-0.4, -0.2) is 19.1 Å². The summed E-state index contributed by atoms with van der Waals surface area (Å²) in [5.41, 5.74) is 4.67. The van der Waals surface area contributed by atoms with E-state index in [1.165, 1.54) is 0 Å². The lowest BCUT2D eigenvalue weighted by molar-refractivity contribution is -0.110. The molecule has 2 N–H and O–H groups in total. The summed E-state index contributed by atoms with van der Waals surface area (Å²) in [4.78, 5) is 12.5. The minimum atomic E-state index is -3.15. The molecule has 166 valence electrons. The third-order valence-corrected chi connectivity index (χ3v) is 7.03. The van der Waals surface area contributed by atoms with Gasteiger partial charge in [0.1, 0.15) is 5.76 Å². The first-order valence-corrected chi connectivity index (χ1v) is 12.2. The fraction of sp³-hybridized carbons (Fsp3) is 0.208. The van der Waals surface area contributed by atoms with Crippen LogP contribution in [0.2, 0.25) is 0 Å². The van der Waals surface area contributed by atoms with E-state index in [1.807, 2.05) is 54.6 Å². The van der Waals surface area contributed by atoms with E-state index in [2.05, 4.69) is 10.6 Å². The van der Waals surface area contributed by atoms with E-state index in [-0.39, 0.29) is 12.1 Å². The maximum Gasteiger partial charge on any atom is 0.335 e. The van der Waals surface area contributed by atoms with Crippen molar-refractivity contribution in [3.05, 3.63) is 78.2 Å². The van der Waals surface area contributed by atoms with Gasteiger partial charge in [-0.2, -0.15) is 0 Å². The molecule has 2 aromatic carbocycles. The predicted octanol–water partition coefficient (Wildman–Crippen LogP) is 6.12. The Hall–Kier alpha value is -3.12. The maximum atomic E-state index is 12.7. The van der Waals surface area contributed by atoms with Gasteiger partial charge in [-0.05, 0) is 49.7 Å². The molecular formula is C24H25N2O5P. The molecule has 0 saturated carbocycles. The fourth-order valence-corrected chi connectivity index (χ4v) is 5.24. The van der Waals surface area contributed by atoms with Crippen LogP contribution in [0.1, 0.15) is 25.0 Å². The van der Waals surface area contributed by atoms with Gasteiger partial charge in [0, 0.05) is 28.7 Å². The van der Waals surface area contributed by atoms with Crippen LogP contribution in [0.5, 0.6) is 0 Å². The fourth-order valence-electron chi connectivity index (χ4n) is 3.54. The van der Waals surface area contributed by atoms with Gasteiger partial charge in [0.2, 0.25) is 0 Å². The van der Waals surface area contributed by atoms with E-state index in [0.29, 0.717) is 18.8 Å². The number of furan rings is 1. The molecule has 4 rings (SSSR count). The first-order valence-electron chi connectivity index (χ1n) is 10.4. The highest BCUT2D eigenvalue weighted by molar-refractivity contribution is 7.53. The SMILES string of the molecule is CCOP(=O)(Cc1ccc(N/C=C2\C(=O)Nc3cc(-c4ccco4)ccc32)cc1)OCC. The van der Waals surface area contributed by atoms with Gasteiger partial charge in [0.05, 0.1) is 31.2 Å². The van der Waals surface area contributed by atoms with E-state index in [9.17, 15) is 9.36 Å². The van der Waals surface area contributed by atoms with Crippen LogP contribution < -0.4 is 10.6 Å². The largest absolute Gasteiger partial charge is 0.464 e. The third-order valence-electron chi connectivity index (χ3n) is 4.97. The summed E-state index contributed by atoms with van der Waals surface area (Å²) >= 11 is 0. The Morgan fingerprint density at radius 1 is 1.06 bits per heavy atom. The minimum absolute atomic E-state index is 0.171. The molecule has 0 fully saturated rings. The van der Waals surface area contributed by atoms with Crippen LogP contribution in [0.3, 0.4) is 0 Å². The topological polar surface area (TPSA) is 89.8 Å². The van der Waals surface area contributed by atoms with Crippen LogP contribution in [-0.2, 0) is 24.6 Å². The zero-order valence-electron chi connectivity index (χ0n) is 18.0. The normalized spacial score (nSPS) is 14.4. The number of anilines is 2. The van der Waals surface area contributed by atoms with Gasteiger partial charge in [-0.25, -0.2) is 0 Å². The van der Waals surface area contributed by atoms with Gasteiger partial charge in [0.15, 0.2) is 0 Å². The quantitative estimate of drug-likeness (QED) is 0.300. The Kier molecular flexibility index (Phi) is 6.61. The van der Waals surface area contributed by atoms with Crippen LogP contribution in [0.15, 0.2) is 71.5 Å². The number of fused-ring (bicyclic) bond motifs is 1. The lowest BCUT2D eigenvalue weighted by atomic mass is 10.0. The smallest absolute Gasteiger partial charge is 0.335 e. The van der Waals surface area contributed by atoms with Crippen LogP contribution >= 0.6 is 7.60 Å². The molecule has 8 heteroatoms. The van der Waals surface area contributed by atoms with Gasteiger partial charge in [-0.3, -0.25) is 9.36 Å². The van der Waals surface area contributed by atoms with E-state index < -0.39 is 7.60 Å². The molecule has 0 atom stereocenters. The van der Waals surface area contributed by atoms with Crippen molar-refractivity contribution >= 4 is 30.5 Å². The summed E-state index contributed by atoms with van der Waals surface area (Å²) in [6, 6.07) is 16.9. The number of benzene rings is 2. The number of nitrogens with one attached hydrogen (secondary N) is 2. The highest BCUT2D eigenvalue weighted by Crippen LogP contribution is 2.51. The number of hydrogen-bond donors (Lipinski definition) is 2. The first kappa shape index (κ1) is 22.1. The molecule has 0 spiro atoms. The Balaban J connectivity index is 1.47. The second-order valence-electron chi connectivity index (χ2n) is 7.20. The average molecular weight is 452 g/mol. The number of amides is 1. The highest BCUT2D eigenvalue weighted by atomic mass is 31.2. The van der Waals surface area contributed by atoms with Crippen molar-refractivity contribution in [3.63, 3.8) is 0 Å². The summed E-state index contributed by atoms with van der Waals surface area (Å²) in [5.74, 6) is 0.575. The van der Waals surface area contributed by atoms with Gasteiger partial charge in [-0.1, -0.05) is 24.3 Å². The molecule has 7 nitrogen and oxygen atoms in total. The van der Waals surface area contributed by atoms with Gasteiger partial charge in [0.25, 0.3) is 5.91 Å². The van der Waals surface area contributed by atoms with Crippen LogP contribution in [0.25, 0.3) is 16.9 Å². The van der Waals surface area contributed by atoms with Crippen LogP contribution in [0, 0.1) is 0 Å². The number of carbonyl (C=O) groups is 1. The summed E-state index contributed by atoms with van der Waals surface area (Å²) in [5, 5.41) is 6.06. The number of hydrogen-bond acceptors (Lipinski definition) is 6. The third kappa shape index (κ3) is 4.86. The Morgan fingerprint density at radius 3 is 2.47 bits per heavy atom. The molecule has 1 amide bonds. The number of carbonyl (C=O) groups excluding carboxylic acids is 1. The minimum Gasteiger partial charge on any atom is -0.464 e. The van der Waals surface area contributed by atoms with Crippen molar-refractivity contribution in [2.45, 2.75) is 20.0 Å². The second-order valence-corrected chi connectivity index (χ2v) is 9.25. The highest BCUT2D eigenvalue weighted by Gasteiger charge is 2.25. The van der Waals surface area contributed by atoms with Crippen molar-refractivity contribution in [3.8, 4) is 11.3 Å². The molecular weight excluding hydrogens is 427 g/mol. The van der Waals surface area contributed by atoms with Crippen molar-refractivity contribution in [2.24, 2.45) is 0 Å². The summed E-state index contributed by atoms with van der Waals surface area (Å²) in [7, 11) is -3.15. The van der Waals surface area contributed by atoms with Crippen LogP contribution in [0.4, 0.5) is 11.4 Å². The Labute approximate surface area is 187 Å². The second kappa shape index (κ2) is 9.57. The molecule has 1 aliphatic rings. The van der Waals surface area contributed by atoms with E-state index in [1.54, 1.807) is 26.3 Å². The molecule has 32 heavy (non-hydrogen) atoms. The van der Waals surface area contributed by atoms with Crippen molar-refractivity contribution in [1.82, 2.24) is 0 Å². The summed E-state index contributed by atoms with van der Waals surface area (Å²) in [6.07, 6.45) is 3.52. The molecule has 0 saturated heterocycles. The molecule has 2 heterocycles. The Bertz CT molecular complexity index is 1160. The first-order chi connectivity index (χ1) is 15.5.